The number of methoxy groups -OCH3 is 1. The fourth-order valence-corrected chi connectivity index (χ4v) is 4.96. The van der Waals surface area contributed by atoms with Crippen molar-refractivity contribution < 1.29 is 17.9 Å². The van der Waals surface area contributed by atoms with Gasteiger partial charge in [-0.2, -0.15) is 4.72 Å². The van der Waals surface area contributed by atoms with Crippen molar-refractivity contribution in [2.24, 2.45) is 0 Å². The number of carbonyl (C=O) groups is 1. The van der Waals surface area contributed by atoms with Gasteiger partial charge in [-0.1, -0.05) is 17.7 Å². The number of anilines is 1. The Kier molecular flexibility index (Phi) is 8.71. The summed E-state index contributed by atoms with van der Waals surface area (Å²) in [6, 6.07) is 13.8. The van der Waals surface area contributed by atoms with Gasteiger partial charge in [0, 0.05) is 38.4 Å². The molecule has 1 amide bonds. The Labute approximate surface area is 197 Å². The highest BCUT2D eigenvalue weighted by atomic mass is 32.2. The molecule has 1 aliphatic rings. The van der Waals surface area contributed by atoms with Crippen LogP contribution in [-0.4, -0.2) is 71.6 Å². The monoisotopic (exact) mass is 474 g/mol. The van der Waals surface area contributed by atoms with Gasteiger partial charge in [0.1, 0.15) is 5.75 Å². The normalized spacial score (nSPS) is 15.8. The summed E-state index contributed by atoms with van der Waals surface area (Å²) in [6.07, 6.45) is 0.811. The third-order valence-electron chi connectivity index (χ3n) is 5.82. The first kappa shape index (κ1) is 25.0. The standard InChI is InChI=1S/C24H34N4O4S/c1-19-5-11-23(12-6-19)33(30,31)26-20(2)24(29)25-13-4-14-27-15-17-28(18-16-27)21-7-9-22(32-3)10-8-21/h5-12,20,26H,4,13-18H2,1-3H3,(H,25,29). The second-order valence-corrected chi connectivity index (χ2v) is 10.0. The van der Waals surface area contributed by atoms with Crippen LogP contribution in [0.4, 0.5) is 5.69 Å². The van der Waals surface area contributed by atoms with E-state index in [0.29, 0.717) is 6.54 Å². The molecule has 0 saturated carbocycles. The first-order valence-corrected chi connectivity index (χ1v) is 12.7. The largest absolute Gasteiger partial charge is 0.497 e. The summed E-state index contributed by atoms with van der Waals surface area (Å²) in [6.45, 7) is 8.68. The highest BCUT2D eigenvalue weighted by molar-refractivity contribution is 7.89. The minimum Gasteiger partial charge on any atom is -0.497 e. The minimum atomic E-state index is -3.73. The van der Waals surface area contributed by atoms with Crippen LogP contribution in [0.5, 0.6) is 5.75 Å². The maximum Gasteiger partial charge on any atom is 0.241 e. The number of sulfonamides is 1. The molecule has 2 N–H and O–H groups in total. The number of benzene rings is 2. The van der Waals surface area contributed by atoms with Gasteiger partial charge >= 0.3 is 0 Å². The summed E-state index contributed by atoms with van der Waals surface area (Å²) in [4.78, 5) is 17.2. The van der Waals surface area contributed by atoms with Crippen LogP contribution >= 0.6 is 0 Å². The maximum atomic E-state index is 12.4. The lowest BCUT2D eigenvalue weighted by Gasteiger charge is -2.36. The number of ether oxygens (including phenoxy) is 1. The minimum absolute atomic E-state index is 0.154. The van der Waals surface area contributed by atoms with E-state index in [0.717, 1.165) is 50.5 Å². The predicted molar refractivity (Wildman–Crippen MR) is 130 cm³/mol. The highest BCUT2D eigenvalue weighted by Crippen LogP contribution is 2.20. The van der Waals surface area contributed by atoms with E-state index in [1.165, 1.54) is 17.8 Å². The SMILES string of the molecule is COc1ccc(N2CCN(CCCNC(=O)C(C)NS(=O)(=O)c3ccc(C)cc3)CC2)cc1. The Bertz CT molecular complexity index is 1000. The van der Waals surface area contributed by atoms with Gasteiger partial charge in [0.15, 0.2) is 0 Å². The van der Waals surface area contributed by atoms with Crippen LogP contribution in [0, 0.1) is 6.92 Å². The van der Waals surface area contributed by atoms with Crippen LogP contribution in [0.15, 0.2) is 53.4 Å². The summed E-state index contributed by atoms with van der Waals surface area (Å²) in [5.41, 5.74) is 2.17. The average Bonchev–Trinajstić information content (AvgIpc) is 2.82. The van der Waals surface area contributed by atoms with E-state index >= 15 is 0 Å². The van der Waals surface area contributed by atoms with Crippen LogP contribution in [0.2, 0.25) is 0 Å². The van der Waals surface area contributed by atoms with E-state index in [1.807, 2.05) is 19.1 Å². The van der Waals surface area contributed by atoms with Crippen molar-refractivity contribution >= 4 is 21.6 Å². The number of rotatable bonds is 10. The molecule has 1 atom stereocenters. The molecular weight excluding hydrogens is 440 g/mol. The van der Waals surface area contributed by atoms with E-state index in [4.69, 9.17) is 4.74 Å². The van der Waals surface area contributed by atoms with Crippen molar-refractivity contribution in [3.05, 3.63) is 54.1 Å². The zero-order chi connectivity index (χ0) is 23.8. The van der Waals surface area contributed by atoms with Gasteiger partial charge in [-0.15, -0.1) is 0 Å². The number of hydrogen-bond acceptors (Lipinski definition) is 6. The quantitative estimate of drug-likeness (QED) is 0.512. The first-order chi connectivity index (χ1) is 15.8. The lowest BCUT2D eigenvalue weighted by atomic mass is 10.2. The van der Waals surface area contributed by atoms with Crippen LogP contribution in [0.25, 0.3) is 0 Å². The van der Waals surface area contributed by atoms with Crippen LogP contribution in [0.3, 0.4) is 0 Å². The summed E-state index contributed by atoms with van der Waals surface area (Å²) in [5, 5.41) is 2.84. The van der Waals surface area contributed by atoms with Gasteiger partial charge in [0.25, 0.3) is 0 Å². The second kappa shape index (κ2) is 11.5. The van der Waals surface area contributed by atoms with E-state index in [9.17, 15) is 13.2 Å². The summed E-state index contributed by atoms with van der Waals surface area (Å²) >= 11 is 0. The molecule has 180 valence electrons. The van der Waals surface area contributed by atoms with Gasteiger partial charge in [-0.25, -0.2) is 8.42 Å². The van der Waals surface area contributed by atoms with E-state index in [1.54, 1.807) is 26.2 Å². The van der Waals surface area contributed by atoms with Gasteiger partial charge in [0.2, 0.25) is 15.9 Å². The number of amides is 1. The molecule has 0 aliphatic carbocycles. The Morgan fingerprint density at radius 3 is 2.27 bits per heavy atom. The topological polar surface area (TPSA) is 91.0 Å². The van der Waals surface area contributed by atoms with Gasteiger partial charge in [0.05, 0.1) is 18.0 Å². The average molecular weight is 475 g/mol. The number of hydrogen-bond donors (Lipinski definition) is 2. The van der Waals surface area contributed by atoms with Crippen LogP contribution in [-0.2, 0) is 14.8 Å². The number of carbonyl (C=O) groups excluding carboxylic acids is 1. The molecule has 1 aliphatic heterocycles. The molecule has 1 fully saturated rings. The molecule has 1 unspecified atom stereocenters. The first-order valence-electron chi connectivity index (χ1n) is 11.3. The van der Waals surface area contributed by atoms with Crippen molar-refractivity contribution in [3.8, 4) is 5.75 Å². The van der Waals surface area contributed by atoms with E-state index in [2.05, 4.69) is 32.0 Å². The number of piperazine rings is 1. The molecule has 1 heterocycles. The molecule has 1 saturated heterocycles. The lowest BCUT2D eigenvalue weighted by molar-refractivity contribution is -0.122. The van der Waals surface area contributed by atoms with Crippen LogP contribution < -0.4 is 19.7 Å². The number of nitrogens with zero attached hydrogens (tertiary/aromatic N) is 2. The molecule has 9 heteroatoms. The number of aryl methyl sites for hydroxylation is 1. The van der Waals surface area contributed by atoms with Gasteiger partial charge in [-0.3, -0.25) is 9.69 Å². The van der Waals surface area contributed by atoms with Crippen molar-refractivity contribution in [2.75, 3.05) is 51.3 Å². The molecule has 3 rings (SSSR count). The lowest BCUT2D eigenvalue weighted by Crippen LogP contribution is -2.47. The molecular formula is C24H34N4O4S. The summed E-state index contributed by atoms with van der Waals surface area (Å²) < 4.78 is 32.6. The molecule has 0 radical (unpaired) electrons. The Hall–Kier alpha value is -2.62. The molecule has 8 nitrogen and oxygen atoms in total. The predicted octanol–water partition coefficient (Wildman–Crippen LogP) is 2.00. The van der Waals surface area contributed by atoms with Crippen molar-refractivity contribution in [3.63, 3.8) is 0 Å². The molecule has 0 aromatic heterocycles. The molecule has 2 aromatic rings. The molecule has 33 heavy (non-hydrogen) atoms. The smallest absolute Gasteiger partial charge is 0.241 e. The maximum absolute atomic E-state index is 12.4. The zero-order valence-electron chi connectivity index (χ0n) is 19.6. The highest BCUT2D eigenvalue weighted by Gasteiger charge is 2.22. The Balaban J connectivity index is 1.35. The summed E-state index contributed by atoms with van der Waals surface area (Å²) in [5.74, 6) is 0.534. The van der Waals surface area contributed by atoms with E-state index in [-0.39, 0.29) is 10.8 Å². The fourth-order valence-electron chi connectivity index (χ4n) is 3.76. The van der Waals surface area contributed by atoms with Crippen molar-refractivity contribution in [1.29, 1.82) is 0 Å². The third kappa shape index (κ3) is 7.18. The zero-order valence-corrected chi connectivity index (χ0v) is 20.4. The molecule has 0 bridgehead atoms. The van der Waals surface area contributed by atoms with Gasteiger partial charge < -0.3 is 15.0 Å². The Morgan fingerprint density at radius 1 is 1.03 bits per heavy atom. The van der Waals surface area contributed by atoms with Crippen molar-refractivity contribution in [1.82, 2.24) is 14.9 Å². The summed E-state index contributed by atoms with van der Waals surface area (Å²) in [7, 11) is -2.06. The second-order valence-electron chi connectivity index (χ2n) is 8.33. The fraction of sp³-hybridized carbons (Fsp3) is 0.458. The van der Waals surface area contributed by atoms with E-state index < -0.39 is 16.1 Å². The van der Waals surface area contributed by atoms with Crippen LogP contribution in [0.1, 0.15) is 18.9 Å². The molecule has 0 spiro atoms. The third-order valence-corrected chi connectivity index (χ3v) is 7.37. The Morgan fingerprint density at radius 2 is 1.67 bits per heavy atom. The van der Waals surface area contributed by atoms with Gasteiger partial charge in [-0.05, 0) is 63.2 Å². The van der Waals surface area contributed by atoms with Crippen molar-refractivity contribution in [2.45, 2.75) is 31.2 Å². The molecule has 2 aromatic carbocycles. The number of nitrogens with one attached hydrogen (secondary N) is 2.